The van der Waals surface area contributed by atoms with Crippen molar-refractivity contribution in [3.8, 4) is 0 Å². The van der Waals surface area contributed by atoms with Crippen LogP contribution in [0.5, 0.6) is 0 Å². The molecule has 4 heteroatoms. The summed E-state index contributed by atoms with van der Waals surface area (Å²) in [6, 6.07) is 5.44. The number of ether oxygens (including phenoxy) is 1. The maximum Gasteiger partial charge on any atom is 0.253 e. The first-order chi connectivity index (χ1) is 9.61. The van der Waals surface area contributed by atoms with Crippen LogP contribution in [0.25, 0.3) is 0 Å². The molecule has 1 aliphatic heterocycles. The molecule has 2 rings (SSSR count). The highest BCUT2D eigenvalue weighted by molar-refractivity contribution is 6.31. The van der Waals surface area contributed by atoms with E-state index in [4.69, 9.17) is 16.3 Å². The Morgan fingerprint density at radius 3 is 2.85 bits per heavy atom. The molecule has 110 valence electrons. The average molecular weight is 296 g/mol. The van der Waals surface area contributed by atoms with Crippen molar-refractivity contribution in [2.75, 3.05) is 19.7 Å². The number of carbonyl (C=O) groups excluding carboxylic acids is 1. The lowest BCUT2D eigenvalue weighted by Crippen LogP contribution is -2.39. The zero-order chi connectivity index (χ0) is 14.5. The van der Waals surface area contributed by atoms with E-state index in [0.29, 0.717) is 23.7 Å². The summed E-state index contributed by atoms with van der Waals surface area (Å²) in [7, 11) is 0. The van der Waals surface area contributed by atoms with Crippen molar-refractivity contribution >= 4 is 17.5 Å². The van der Waals surface area contributed by atoms with Gasteiger partial charge in [-0.05, 0) is 56.9 Å². The Morgan fingerprint density at radius 1 is 1.45 bits per heavy atom. The van der Waals surface area contributed by atoms with Gasteiger partial charge in [-0.1, -0.05) is 11.6 Å². The smallest absolute Gasteiger partial charge is 0.253 e. The molecule has 1 aliphatic rings. The number of likely N-dealkylation sites (N-methyl/N-ethyl adjacent to an activating group) is 1. The lowest BCUT2D eigenvalue weighted by atomic mass is 10.1. The number of hydrogen-bond acceptors (Lipinski definition) is 2. The van der Waals surface area contributed by atoms with Crippen molar-refractivity contribution in [1.82, 2.24) is 4.90 Å². The molecule has 20 heavy (non-hydrogen) atoms. The van der Waals surface area contributed by atoms with Crippen molar-refractivity contribution in [1.29, 1.82) is 0 Å². The molecule has 1 amide bonds. The summed E-state index contributed by atoms with van der Waals surface area (Å²) in [5.41, 5.74) is 1.63. The molecule has 0 radical (unpaired) electrons. The van der Waals surface area contributed by atoms with E-state index in [0.717, 1.165) is 25.0 Å². The maximum atomic E-state index is 12.5. The molecule has 1 unspecified atom stereocenters. The highest BCUT2D eigenvalue weighted by atomic mass is 35.5. The Morgan fingerprint density at radius 2 is 2.25 bits per heavy atom. The fourth-order valence-corrected chi connectivity index (χ4v) is 2.63. The maximum absolute atomic E-state index is 12.5. The van der Waals surface area contributed by atoms with E-state index in [1.54, 1.807) is 12.1 Å². The summed E-state index contributed by atoms with van der Waals surface area (Å²) in [6.07, 6.45) is 3.55. The Kier molecular flexibility index (Phi) is 5.44. The van der Waals surface area contributed by atoms with Crippen LogP contribution in [-0.2, 0) is 4.74 Å². The van der Waals surface area contributed by atoms with Crippen LogP contribution in [0, 0.1) is 6.92 Å². The molecular weight excluding hydrogens is 274 g/mol. The second-order valence-corrected chi connectivity index (χ2v) is 5.70. The van der Waals surface area contributed by atoms with Gasteiger partial charge in [0.1, 0.15) is 0 Å². The number of amides is 1. The standard InChI is InChI=1S/C16H22ClNO2/c1-3-18(11-14-6-4-5-9-20-14)16(19)13-7-8-15(17)12(2)10-13/h7-8,10,14H,3-6,9,11H2,1-2H3. The first-order valence-electron chi connectivity index (χ1n) is 7.29. The second kappa shape index (κ2) is 7.09. The predicted molar refractivity (Wildman–Crippen MR) is 81.4 cm³/mol. The van der Waals surface area contributed by atoms with Gasteiger partial charge in [-0.15, -0.1) is 0 Å². The molecule has 0 aliphatic carbocycles. The molecule has 0 spiro atoms. The van der Waals surface area contributed by atoms with E-state index in [1.807, 2.05) is 24.8 Å². The molecule has 1 atom stereocenters. The Labute approximate surface area is 125 Å². The van der Waals surface area contributed by atoms with Crippen molar-refractivity contribution < 1.29 is 9.53 Å². The average Bonchev–Trinajstić information content (AvgIpc) is 2.48. The monoisotopic (exact) mass is 295 g/mol. The summed E-state index contributed by atoms with van der Waals surface area (Å²) in [6.45, 7) is 6.11. The molecule has 0 aromatic heterocycles. The van der Waals surface area contributed by atoms with Crippen LogP contribution in [0.2, 0.25) is 5.02 Å². The third-order valence-corrected chi connectivity index (χ3v) is 4.20. The van der Waals surface area contributed by atoms with Gasteiger partial charge in [0.25, 0.3) is 5.91 Å². The predicted octanol–water partition coefficient (Wildman–Crippen LogP) is 3.68. The summed E-state index contributed by atoms with van der Waals surface area (Å²) >= 11 is 6.01. The van der Waals surface area contributed by atoms with Gasteiger partial charge >= 0.3 is 0 Å². The summed E-state index contributed by atoms with van der Waals surface area (Å²) in [5.74, 6) is 0.0569. The molecule has 0 N–H and O–H groups in total. The third kappa shape index (κ3) is 3.74. The highest BCUT2D eigenvalue weighted by Crippen LogP contribution is 2.19. The lowest BCUT2D eigenvalue weighted by Gasteiger charge is -2.29. The van der Waals surface area contributed by atoms with E-state index >= 15 is 0 Å². The minimum absolute atomic E-state index is 0.0569. The first-order valence-corrected chi connectivity index (χ1v) is 7.66. The largest absolute Gasteiger partial charge is 0.376 e. The number of benzene rings is 1. The van der Waals surface area contributed by atoms with Crippen LogP contribution in [0.15, 0.2) is 18.2 Å². The number of aryl methyl sites for hydroxylation is 1. The number of carbonyl (C=O) groups is 1. The molecule has 1 aromatic carbocycles. The minimum atomic E-state index is 0.0569. The van der Waals surface area contributed by atoms with Gasteiger partial charge < -0.3 is 9.64 Å². The summed E-state index contributed by atoms with van der Waals surface area (Å²) in [4.78, 5) is 14.4. The van der Waals surface area contributed by atoms with Crippen LogP contribution < -0.4 is 0 Å². The minimum Gasteiger partial charge on any atom is -0.376 e. The third-order valence-electron chi connectivity index (χ3n) is 3.77. The van der Waals surface area contributed by atoms with E-state index in [-0.39, 0.29) is 12.0 Å². The van der Waals surface area contributed by atoms with Gasteiger partial charge in [0, 0.05) is 30.3 Å². The van der Waals surface area contributed by atoms with Gasteiger partial charge in [-0.3, -0.25) is 4.79 Å². The zero-order valence-electron chi connectivity index (χ0n) is 12.2. The van der Waals surface area contributed by atoms with Crippen LogP contribution in [0.3, 0.4) is 0 Å². The van der Waals surface area contributed by atoms with Crippen molar-refractivity contribution in [2.24, 2.45) is 0 Å². The highest BCUT2D eigenvalue weighted by Gasteiger charge is 2.21. The van der Waals surface area contributed by atoms with E-state index in [9.17, 15) is 4.79 Å². The normalized spacial score (nSPS) is 18.9. The fraction of sp³-hybridized carbons (Fsp3) is 0.562. The molecular formula is C16H22ClNO2. The molecule has 1 fully saturated rings. The molecule has 0 saturated carbocycles. The van der Waals surface area contributed by atoms with Gasteiger partial charge in [0.2, 0.25) is 0 Å². The number of nitrogens with zero attached hydrogens (tertiary/aromatic N) is 1. The Hall–Kier alpha value is -1.06. The number of halogens is 1. The van der Waals surface area contributed by atoms with Gasteiger partial charge in [-0.25, -0.2) is 0 Å². The van der Waals surface area contributed by atoms with Gasteiger partial charge in [0.15, 0.2) is 0 Å². The molecule has 0 bridgehead atoms. The zero-order valence-corrected chi connectivity index (χ0v) is 12.9. The van der Waals surface area contributed by atoms with Gasteiger partial charge in [0.05, 0.1) is 6.10 Å². The SMILES string of the molecule is CCN(CC1CCCCO1)C(=O)c1ccc(Cl)c(C)c1. The molecule has 1 saturated heterocycles. The van der Waals surface area contributed by atoms with Crippen molar-refractivity contribution in [3.63, 3.8) is 0 Å². The van der Waals surface area contributed by atoms with Crippen LogP contribution >= 0.6 is 11.6 Å². The number of rotatable bonds is 4. The summed E-state index contributed by atoms with van der Waals surface area (Å²) < 4.78 is 5.72. The van der Waals surface area contributed by atoms with E-state index in [2.05, 4.69) is 0 Å². The first kappa shape index (κ1) is 15.3. The molecule has 3 nitrogen and oxygen atoms in total. The topological polar surface area (TPSA) is 29.5 Å². The van der Waals surface area contributed by atoms with E-state index < -0.39 is 0 Å². The lowest BCUT2D eigenvalue weighted by molar-refractivity contribution is -0.00311. The van der Waals surface area contributed by atoms with Crippen LogP contribution in [0.1, 0.15) is 42.1 Å². The fourth-order valence-electron chi connectivity index (χ4n) is 2.51. The van der Waals surface area contributed by atoms with E-state index in [1.165, 1.54) is 6.42 Å². The van der Waals surface area contributed by atoms with Gasteiger partial charge in [-0.2, -0.15) is 0 Å². The molecule has 1 aromatic rings. The second-order valence-electron chi connectivity index (χ2n) is 5.30. The quantitative estimate of drug-likeness (QED) is 0.848. The van der Waals surface area contributed by atoms with Crippen molar-refractivity contribution in [2.45, 2.75) is 39.2 Å². The number of hydrogen-bond donors (Lipinski definition) is 0. The Balaban J connectivity index is 2.05. The van der Waals surface area contributed by atoms with Crippen molar-refractivity contribution in [3.05, 3.63) is 34.3 Å². The Bertz CT molecular complexity index is 470. The van der Waals surface area contributed by atoms with Crippen LogP contribution in [0.4, 0.5) is 0 Å². The summed E-state index contributed by atoms with van der Waals surface area (Å²) in [5, 5.41) is 0.695. The van der Waals surface area contributed by atoms with Crippen LogP contribution in [-0.4, -0.2) is 36.6 Å². The molecule has 1 heterocycles.